The van der Waals surface area contributed by atoms with Crippen molar-refractivity contribution in [3.8, 4) is 28.4 Å². The van der Waals surface area contributed by atoms with E-state index in [9.17, 15) is 4.79 Å². The average molecular weight is 417 g/mol. The summed E-state index contributed by atoms with van der Waals surface area (Å²) in [6.45, 7) is 0. The number of thiazole rings is 1. The van der Waals surface area contributed by atoms with Gasteiger partial charge in [-0.25, -0.2) is 0 Å². The second-order valence-corrected chi connectivity index (χ2v) is 7.28. The minimum atomic E-state index is -0.304. The first kappa shape index (κ1) is 19.7. The number of ether oxygens (including phenoxy) is 2. The third kappa shape index (κ3) is 4.04. The van der Waals surface area contributed by atoms with E-state index in [1.54, 1.807) is 38.5 Å². The normalized spacial score (nSPS) is 11.3. The number of nitrogens with zero attached hydrogens (tertiary/aromatic N) is 2. The molecular formula is C24H20N2O3S. The van der Waals surface area contributed by atoms with Crippen LogP contribution in [0.25, 0.3) is 16.9 Å². The molecule has 0 fully saturated rings. The zero-order valence-corrected chi connectivity index (χ0v) is 17.4. The number of carbonyl (C=O) groups is 1. The molecule has 3 aromatic carbocycles. The van der Waals surface area contributed by atoms with Gasteiger partial charge in [-0.2, -0.15) is 4.99 Å². The molecule has 4 rings (SSSR count). The molecule has 0 unspecified atom stereocenters. The Kier molecular flexibility index (Phi) is 5.77. The Hall–Kier alpha value is -3.64. The molecule has 0 saturated carbocycles. The summed E-state index contributed by atoms with van der Waals surface area (Å²) in [5, 5.41) is 2.01. The van der Waals surface area contributed by atoms with Crippen LogP contribution >= 0.6 is 11.3 Å². The zero-order chi connectivity index (χ0) is 20.9. The van der Waals surface area contributed by atoms with Crippen molar-refractivity contribution in [1.29, 1.82) is 0 Å². The van der Waals surface area contributed by atoms with Gasteiger partial charge >= 0.3 is 0 Å². The summed E-state index contributed by atoms with van der Waals surface area (Å²) < 4.78 is 12.4. The van der Waals surface area contributed by atoms with E-state index in [0.717, 1.165) is 22.7 Å². The maximum Gasteiger partial charge on any atom is 0.279 e. The van der Waals surface area contributed by atoms with Gasteiger partial charge in [0.2, 0.25) is 0 Å². The van der Waals surface area contributed by atoms with Gasteiger partial charge in [-0.15, -0.1) is 11.3 Å². The molecule has 150 valence electrons. The molecule has 0 N–H and O–H groups in total. The molecule has 4 aromatic rings. The Morgan fingerprint density at radius 2 is 1.43 bits per heavy atom. The van der Waals surface area contributed by atoms with E-state index >= 15 is 0 Å². The Morgan fingerprint density at radius 1 is 0.833 bits per heavy atom. The number of carbonyl (C=O) groups excluding carboxylic acids is 1. The fourth-order valence-electron chi connectivity index (χ4n) is 3.07. The van der Waals surface area contributed by atoms with Gasteiger partial charge in [-0.05, 0) is 54.1 Å². The van der Waals surface area contributed by atoms with Gasteiger partial charge in [0.05, 0.1) is 19.9 Å². The molecule has 6 heteroatoms. The van der Waals surface area contributed by atoms with Crippen LogP contribution in [0.5, 0.6) is 11.5 Å². The van der Waals surface area contributed by atoms with Crippen LogP contribution in [-0.4, -0.2) is 24.7 Å². The molecule has 1 amide bonds. The van der Waals surface area contributed by atoms with Crippen molar-refractivity contribution in [3.05, 3.63) is 94.6 Å². The molecule has 1 aromatic heterocycles. The lowest BCUT2D eigenvalue weighted by Crippen LogP contribution is -2.16. The van der Waals surface area contributed by atoms with Gasteiger partial charge in [0.15, 0.2) is 4.80 Å². The second-order valence-electron chi connectivity index (χ2n) is 6.45. The van der Waals surface area contributed by atoms with Crippen molar-refractivity contribution >= 4 is 17.2 Å². The minimum Gasteiger partial charge on any atom is -0.497 e. The summed E-state index contributed by atoms with van der Waals surface area (Å²) in [4.78, 5) is 17.8. The van der Waals surface area contributed by atoms with Crippen molar-refractivity contribution in [2.75, 3.05) is 14.2 Å². The predicted octanol–water partition coefficient (Wildman–Crippen LogP) is 4.96. The highest BCUT2D eigenvalue weighted by molar-refractivity contribution is 7.07. The van der Waals surface area contributed by atoms with E-state index in [2.05, 4.69) is 4.99 Å². The third-order valence-corrected chi connectivity index (χ3v) is 5.47. The van der Waals surface area contributed by atoms with Crippen LogP contribution in [-0.2, 0) is 0 Å². The van der Waals surface area contributed by atoms with E-state index in [-0.39, 0.29) is 5.91 Å². The molecule has 0 aliphatic rings. The lowest BCUT2D eigenvalue weighted by Gasteiger charge is -2.10. The van der Waals surface area contributed by atoms with E-state index in [1.165, 1.54) is 11.3 Å². The highest BCUT2D eigenvalue weighted by Gasteiger charge is 2.12. The van der Waals surface area contributed by atoms with Gasteiger partial charge in [0.1, 0.15) is 11.5 Å². The number of aromatic nitrogens is 1. The molecule has 0 aliphatic carbocycles. The maximum atomic E-state index is 12.8. The van der Waals surface area contributed by atoms with Crippen molar-refractivity contribution in [2.24, 2.45) is 4.99 Å². The summed E-state index contributed by atoms with van der Waals surface area (Å²) in [6.07, 6.45) is 0. The summed E-state index contributed by atoms with van der Waals surface area (Å²) in [6, 6.07) is 24.7. The van der Waals surface area contributed by atoms with Gasteiger partial charge in [-0.1, -0.05) is 30.3 Å². The molecular weight excluding hydrogens is 396 g/mol. The van der Waals surface area contributed by atoms with Crippen molar-refractivity contribution in [2.45, 2.75) is 0 Å². The third-order valence-electron chi connectivity index (χ3n) is 4.64. The van der Waals surface area contributed by atoms with Crippen LogP contribution in [0, 0.1) is 0 Å². The van der Waals surface area contributed by atoms with Gasteiger partial charge in [0.25, 0.3) is 5.91 Å². The quantitative estimate of drug-likeness (QED) is 0.462. The molecule has 0 radical (unpaired) electrons. The number of rotatable bonds is 5. The molecule has 0 atom stereocenters. The average Bonchev–Trinajstić information content (AvgIpc) is 3.23. The Balaban J connectivity index is 1.83. The standard InChI is InChI=1S/C24H20N2O3S/c1-28-20-12-8-18(9-13-20)23(27)25-24-26(19-10-14-21(29-2)15-11-19)22(16-30-24)17-6-4-3-5-7-17/h3-16H,1-2H3. The first-order valence-electron chi connectivity index (χ1n) is 9.33. The number of hydrogen-bond acceptors (Lipinski definition) is 4. The minimum absolute atomic E-state index is 0.304. The van der Waals surface area contributed by atoms with Crippen LogP contribution in [0.1, 0.15) is 10.4 Å². The lowest BCUT2D eigenvalue weighted by molar-refractivity contribution is 0.0998. The molecule has 0 aliphatic heterocycles. The summed E-state index contributed by atoms with van der Waals surface area (Å²) >= 11 is 1.43. The van der Waals surface area contributed by atoms with Crippen LogP contribution in [0.2, 0.25) is 0 Å². The highest BCUT2D eigenvalue weighted by Crippen LogP contribution is 2.24. The zero-order valence-electron chi connectivity index (χ0n) is 16.6. The van der Waals surface area contributed by atoms with Crippen LogP contribution in [0.4, 0.5) is 0 Å². The first-order valence-corrected chi connectivity index (χ1v) is 10.2. The topological polar surface area (TPSA) is 52.8 Å². The van der Waals surface area contributed by atoms with Crippen molar-refractivity contribution in [1.82, 2.24) is 4.57 Å². The van der Waals surface area contributed by atoms with Gasteiger partial charge in [-0.3, -0.25) is 9.36 Å². The number of amides is 1. The monoisotopic (exact) mass is 416 g/mol. The molecule has 1 heterocycles. The Labute approximate surface area is 178 Å². The van der Waals surface area contributed by atoms with E-state index in [0.29, 0.717) is 16.1 Å². The molecule has 0 spiro atoms. The molecule has 0 saturated heterocycles. The summed E-state index contributed by atoms with van der Waals surface area (Å²) in [5.41, 5.74) is 3.42. The number of benzene rings is 3. The van der Waals surface area contributed by atoms with E-state index in [1.807, 2.05) is 64.5 Å². The van der Waals surface area contributed by atoms with E-state index in [4.69, 9.17) is 9.47 Å². The highest BCUT2D eigenvalue weighted by atomic mass is 32.1. The van der Waals surface area contributed by atoms with E-state index < -0.39 is 0 Å². The summed E-state index contributed by atoms with van der Waals surface area (Å²) in [7, 11) is 3.23. The van der Waals surface area contributed by atoms with Crippen molar-refractivity contribution in [3.63, 3.8) is 0 Å². The molecule has 30 heavy (non-hydrogen) atoms. The molecule has 0 bridgehead atoms. The van der Waals surface area contributed by atoms with Gasteiger partial charge < -0.3 is 9.47 Å². The Morgan fingerprint density at radius 3 is 2.03 bits per heavy atom. The fraction of sp³-hybridized carbons (Fsp3) is 0.0833. The van der Waals surface area contributed by atoms with Crippen LogP contribution in [0.15, 0.2) is 89.2 Å². The smallest absolute Gasteiger partial charge is 0.279 e. The fourth-order valence-corrected chi connectivity index (χ4v) is 3.97. The summed E-state index contributed by atoms with van der Waals surface area (Å²) in [5.74, 6) is 1.16. The largest absolute Gasteiger partial charge is 0.497 e. The van der Waals surface area contributed by atoms with Crippen LogP contribution in [0.3, 0.4) is 0 Å². The SMILES string of the molecule is COc1ccc(C(=O)N=c2scc(-c3ccccc3)n2-c2ccc(OC)cc2)cc1. The lowest BCUT2D eigenvalue weighted by atomic mass is 10.1. The van der Waals surface area contributed by atoms with Gasteiger partial charge in [0, 0.05) is 16.6 Å². The predicted molar refractivity (Wildman–Crippen MR) is 119 cm³/mol. The Bertz CT molecular complexity index is 1210. The second kappa shape index (κ2) is 8.80. The molecule has 5 nitrogen and oxygen atoms in total. The van der Waals surface area contributed by atoms with Crippen molar-refractivity contribution < 1.29 is 14.3 Å². The first-order chi connectivity index (χ1) is 14.7. The number of methoxy groups -OCH3 is 2. The number of hydrogen-bond donors (Lipinski definition) is 0. The maximum absolute atomic E-state index is 12.8. The van der Waals surface area contributed by atoms with Crippen LogP contribution < -0.4 is 14.3 Å².